The number of nitrogens with one attached hydrogen (secondary N) is 2. The molecule has 1 aromatic carbocycles. The third-order valence-electron chi connectivity index (χ3n) is 7.32. The van der Waals surface area contributed by atoms with Crippen molar-refractivity contribution in [3.05, 3.63) is 59.8 Å². The lowest BCUT2D eigenvalue weighted by Gasteiger charge is -2.41. The number of nitrogens with zero attached hydrogens (tertiary/aromatic N) is 2. The third kappa shape index (κ3) is 4.10. The predicted octanol–water partition coefficient (Wildman–Crippen LogP) is 3.57. The van der Waals surface area contributed by atoms with Crippen molar-refractivity contribution < 1.29 is 9.59 Å². The average molecular weight is 433 g/mol. The van der Waals surface area contributed by atoms with Crippen LogP contribution in [-0.2, 0) is 10.2 Å². The highest BCUT2D eigenvalue weighted by Crippen LogP contribution is 2.39. The second kappa shape index (κ2) is 8.23. The van der Waals surface area contributed by atoms with Crippen molar-refractivity contribution >= 4 is 17.6 Å². The number of carbonyl (C=O) groups is 2. The number of fused-ring (bicyclic) bond motifs is 2. The Hall–Kier alpha value is -2.89. The minimum atomic E-state index is -0.560. The fourth-order valence-corrected chi connectivity index (χ4v) is 5.19. The molecule has 168 valence electrons. The van der Waals surface area contributed by atoms with E-state index in [2.05, 4.69) is 20.5 Å². The van der Waals surface area contributed by atoms with Gasteiger partial charge in [0.15, 0.2) is 0 Å². The van der Waals surface area contributed by atoms with E-state index in [0.29, 0.717) is 23.7 Å². The Morgan fingerprint density at radius 3 is 2.19 bits per heavy atom. The largest absolute Gasteiger partial charge is 0.352 e. The molecule has 2 bridgehead atoms. The number of amides is 2. The van der Waals surface area contributed by atoms with Gasteiger partial charge in [0.25, 0.3) is 5.91 Å². The summed E-state index contributed by atoms with van der Waals surface area (Å²) >= 11 is 0. The lowest BCUT2D eigenvalue weighted by molar-refractivity contribution is -0.126. The van der Waals surface area contributed by atoms with E-state index in [-0.39, 0.29) is 17.9 Å². The lowest BCUT2D eigenvalue weighted by Crippen LogP contribution is -2.53. The highest BCUT2D eigenvalue weighted by Gasteiger charge is 2.43. The number of hydrogen-bond donors (Lipinski definition) is 2. The Labute approximate surface area is 189 Å². The van der Waals surface area contributed by atoms with E-state index in [1.54, 1.807) is 6.20 Å². The zero-order chi connectivity index (χ0) is 22.3. The summed E-state index contributed by atoms with van der Waals surface area (Å²) < 4.78 is 0. The maximum Gasteiger partial charge on any atom is 0.253 e. The van der Waals surface area contributed by atoms with Crippen LogP contribution in [0.15, 0.2) is 48.7 Å². The summed E-state index contributed by atoms with van der Waals surface area (Å²) in [5.41, 5.74) is 1.10. The standard InChI is InChI=1S/C26H32N4O2/c1-26(2,18-6-4-3-5-7-18)25(32)29-20-14-21-11-12-22(15-20)30(21)23-13-8-17(16-27-23)24(31)28-19-9-10-19/h3-8,13,16,19-22H,9-12,14-15H2,1-2H3,(H,28,31)(H,29,32)/t20-,21+,22-. The van der Waals surface area contributed by atoms with Gasteiger partial charge in [-0.15, -0.1) is 0 Å². The molecule has 3 aliphatic rings. The topological polar surface area (TPSA) is 74.3 Å². The number of rotatable bonds is 6. The summed E-state index contributed by atoms with van der Waals surface area (Å²) in [5, 5.41) is 6.35. The van der Waals surface area contributed by atoms with Gasteiger partial charge < -0.3 is 15.5 Å². The van der Waals surface area contributed by atoms with Crippen molar-refractivity contribution in [2.45, 2.75) is 82.0 Å². The van der Waals surface area contributed by atoms with Gasteiger partial charge in [-0.1, -0.05) is 30.3 Å². The number of hydrogen-bond acceptors (Lipinski definition) is 4. The lowest BCUT2D eigenvalue weighted by atomic mass is 9.83. The first-order valence-electron chi connectivity index (χ1n) is 11.8. The van der Waals surface area contributed by atoms with Gasteiger partial charge >= 0.3 is 0 Å². The van der Waals surface area contributed by atoms with Crippen LogP contribution in [0.5, 0.6) is 0 Å². The summed E-state index contributed by atoms with van der Waals surface area (Å²) in [6.07, 6.45) is 7.94. The molecule has 1 aromatic heterocycles. The molecule has 6 nitrogen and oxygen atoms in total. The molecule has 2 aliphatic heterocycles. The second-order valence-corrected chi connectivity index (χ2v) is 10.1. The molecule has 0 unspecified atom stereocenters. The van der Waals surface area contributed by atoms with Crippen LogP contribution in [0.2, 0.25) is 0 Å². The fourth-order valence-electron chi connectivity index (χ4n) is 5.19. The number of benzene rings is 1. The fraction of sp³-hybridized carbons (Fsp3) is 0.500. The van der Waals surface area contributed by atoms with E-state index in [1.807, 2.05) is 56.3 Å². The Morgan fingerprint density at radius 2 is 1.59 bits per heavy atom. The number of anilines is 1. The van der Waals surface area contributed by atoms with E-state index in [0.717, 1.165) is 49.9 Å². The van der Waals surface area contributed by atoms with Gasteiger partial charge in [0.05, 0.1) is 11.0 Å². The Balaban J connectivity index is 1.23. The van der Waals surface area contributed by atoms with E-state index >= 15 is 0 Å². The van der Waals surface area contributed by atoms with Crippen LogP contribution in [0.1, 0.15) is 68.3 Å². The van der Waals surface area contributed by atoms with Crippen LogP contribution in [0.3, 0.4) is 0 Å². The van der Waals surface area contributed by atoms with E-state index in [4.69, 9.17) is 0 Å². The minimum Gasteiger partial charge on any atom is -0.352 e. The molecule has 1 aliphatic carbocycles. The van der Waals surface area contributed by atoms with Crippen LogP contribution in [0.25, 0.3) is 0 Å². The van der Waals surface area contributed by atoms with Gasteiger partial charge in [-0.2, -0.15) is 0 Å². The van der Waals surface area contributed by atoms with Gasteiger partial charge in [-0.3, -0.25) is 9.59 Å². The summed E-state index contributed by atoms with van der Waals surface area (Å²) in [6, 6.07) is 15.1. The molecule has 1 saturated carbocycles. The maximum absolute atomic E-state index is 13.1. The first-order chi connectivity index (χ1) is 15.4. The summed E-state index contributed by atoms with van der Waals surface area (Å²) in [7, 11) is 0. The molecular weight excluding hydrogens is 400 g/mol. The molecule has 5 rings (SSSR count). The Morgan fingerprint density at radius 1 is 0.906 bits per heavy atom. The van der Waals surface area contributed by atoms with Crippen LogP contribution >= 0.6 is 0 Å². The summed E-state index contributed by atoms with van der Waals surface area (Å²) in [5.74, 6) is 0.998. The van der Waals surface area contributed by atoms with Crippen molar-refractivity contribution in [1.29, 1.82) is 0 Å². The average Bonchev–Trinajstić information content (AvgIpc) is 3.57. The van der Waals surface area contributed by atoms with Gasteiger partial charge in [-0.25, -0.2) is 4.98 Å². The van der Waals surface area contributed by atoms with Gasteiger partial charge in [-0.05, 0) is 70.1 Å². The number of piperidine rings is 1. The molecule has 3 atom stereocenters. The monoisotopic (exact) mass is 432 g/mol. The van der Waals surface area contributed by atoms with Crippen molar-refractivity contribution in [1.82, 2.24) is 15.6 Å². The molecule has 0 spiro atoms. The van der Waals surface area contributed by atoms with Gasteiger partial charge in [0.1, 0.15) is 5.82 Å². The maximum atomic E-state index is 13.1. The SMILES string of the molecule is CC(C)(C(=O)N[C@H]1C[C@H]2CC[C@@H](C1)N2c1ccc(C(=O)NC2CC2)cn1)c1ccccc1. The first-order valence-corrected chi connectivity index (χ1v) is 11.8. The molecule has 32 heavy (non-hydrogen) atoms. The number of carbonyl (C=O) groups excluding carboxylic acids is 2. The second-order valence-electron chi connectivity index (χ2n) is 10.1. The summed E-state index contributed by atoms with van der Waals surface area (Å²) in [6.45, 7) is 3.98. The van der Waals surface area contributed by atoms with E-state index in [9.17, 15) is 9.59 Å². The summed E-state index contributed by atoms with van der Waals surface area (Å²) in [4.78, 5) is 32.4. The predicted molar refractivity (Wildman–Crippen MR) is 125 cm³/mol. The highest BCUT2D eigenvalue weighted by molar-refractivity contribution is 5.94. The molecule has 3 heterocycles. The van der Waals surface area contributed by atoms with Gasteiger partial charge in [0, 0.05) is 30.4 Å². The molecule has 2 saturated heterocycles. The van der Waals surface area contributed by atoms with E-state index < -0.39 is 5.41 Å². The quantitative estimate of drug-likeness (QED) is 0.732. The van der Waals surface area contributed by atoms with Crippen LogP contribution in [0, 0.1) is 0 Å². The third-order valence-corrected chi connectivity index (χ3v) is 7.32. The molecule has 3 fully saturated rings. The Bertz CT molecular complexity index is 971. The first kappa shape index (κ1) is 21.0. The molecule has 2 N–H and O–H groups in total. The molecule has 2 amide bonds. The van der Waals surface area contributed by atoms with Gasteiger partial charge in [0.2, 0.25) is 5.91 Å². The van der Waals surface area contributed by atoms with Crippen molar-refractivity contribution in [2.75, 3.05) is 4.90 Å². The zero-order valence-corrected chi connectivity index (χ0v) is 18.9. The van der Waals surface area contributed by atoms with Crippen molar-refractivity contribution in [3.63, 3.8) is 0 Å². The normalized spacial score (nSPS) is 24.8. The zero-order valence-electron chi connectivity index (χ0n) is 18.9. The molecule has 6 heteroatoms. The van der Waals surface area contributed by atoms with Crippen LogP contribution in [0.4, 0.5) is 5.82 Å². The highest BCUT2D eigenvalue weighted by atomic mass is 16.2. The smallest absolute Gasteiger partial charge is 0.253 e. The van der Waals surface area contributed by atoms with Crippen molar-refractivity contribution in [3.8, 4) is 0 Å². The molecule has 2 aromatic rings. The van der Waals surface area contributed by atoms with Crippen LogP contribution in [-0.4, -0.2) is 41.0 Å². The number of pyridine rings is 1. The molecule has 0 radical (unpaired) electrons. The van der Waals surface area contributed by atoms with Crippen molar-refractivity contribution in [2.24, 2.45) is 0 Å². The number of aromatic nitrogens is 1. The van der Waals surface area contributed by atoms with E-state index in [1.165, 1.54) is 0 Å². The molecular formula is C26H32N4O2. The minimum absolute atomic E-state index is 0.0306. The Kier molecular flexibility index (Phi) is 5.39. The van der Waals surface area contributed by atoms with Crippen LogP contribution < -0.4 is 15.5 Å².